The van der Waals surface area contributed by atoms with Crippen molar-refractivity contribution in [1.29, 1.82) is 0 Å². The van der Waals surface area contributed by atoms with Gasteiger partial charge in [0.15, 0.2) is 0 Å². The van der Waals surface area contributed by atoms with Gasteiger partial charge in [0.25, 0.3) is 0 Å². The number of benzene rings is 1. The Bertz CT molecular complexity index is 707. The second-order valence-electron chi connectivity index (χ2n) is 5.25. The topological polar surface area (TPSA) is 46.0 Å². The third kappa shape index (κ3) is 3.44. The van der Waals surface area contributed by atoms with Gasteiger partial charge in [0.2, 0.25) is 0 Å². The molecule has 106 valence electrons. The Morgan fingerprint density at radius 1 is 1.00 bits per heavy atom. The van der Waals surface area contributed by atoms with Gasteiger partial charge in [-0.25, -0.2) is 0 Å². The fourth-order valence-electron chi connectivity index (χ4n) is 2.57. The summed E-state index contributed by atoms with van der Waals surface area (Å²) in [5.74, 6) is 0. The summed E-state index contributed by atoms with van der Waals surface area (Å²) in [6, 6.07) is 14.0. The van der Waals surface area contributed by atoms with Crippen LogP contribution in [0.2, 0.25) is 0 Å². The summed E-state index contributed by atoms with van der Waals surface area (Å²) in [6.07, 6.45) is 7.32. The predicted molar refractivity (Wildman–Crippen MR) is 84.0 cm³/mol. The highest BCUT2D eigenvalue weighted by Gasteiger charge is 2.09. The van der Waals surface area contributed by atoms with Gasteiger partial charge in [-0.1, -0.05) is 24.3 Å². The van der Waals surface area contributed by atoms with Crippen molar-refractivity contribution in [1.82, 2.24) is 9.97 Å². The van der Waals surface area contributed by atoms with E-state index < -0.39 is 0 Å². The van der Waals surface area contributed by atoms with Crippen LogP contribution in [0.4, 0.5) is 0 Å². The molecule has 1 unspecified atom stereocenters. The molecule has 0 saturated carbocycles. The molecule has 21 heavy (non-hydrogen) atoms. The molecule has 0 saturated heterocycles. The molecule has 1 aromatic carbocycles. The fraction of sp³-hybridized carbons (Fsp3) is 0.222. The maximum atomic E-state index is 10.3. The molecule has 0 bridgehead atoms. The van der Waals surface area contributed by atoms with E-state index >= 15 is 0 Å². The second kappa shape index (κ2) is 6.46. The van der Waals surface area contributed by atoms with Crippen LogP contribution in [0.1, 0.15) is 17.5 Å². The molecule has 1 N–H and O–H groups in total. The van der Waals surface area contributed by atoms with E-state index in [-0.39, 0.29) is 6.10 Å². The zero-order valence-electron chi connectivity index (χ0n) is 11.8. The molecule has 1 atom stereocenters. The van der Waals surface area contributed by atoms with Gasteiger partial charge in [-0.2, -0.15) is 0 Å². The van der Waals surface area contributed by atoms with E-state index in [2.05, 4.69) is 16.0 Å². The van der Waals surface area contributed by atoms with Crippen molar-refractivity contribution < 1.29 is 5.11 Å². The van der Waals surface area contributed by atoms with E-state index in [9.17, 15) is 5.11 Å². The molecule has 3 heteroatoms. The molecular weight excluding hydrogens is 260 g/mol. The van der Waals surface area contributed by atoms with Crippen molar-refractivity contribution in [3.8, 4) is 0 Å². The minimum absolute atomic E-state index is 0.351. The highest BCUT2D eigenvalue weighted by atomic mass is 16.3. The van der Waals surface area contributed by atoms with Crippen LogP contribution in [0.5, 0.6) is 0 Å². The predicted octanol–water partition coefficient (Wildman–Crippen LogP) is 3.17. The van der Waals surface area contributed by atoms with Crippen molar-refractivity contribution in [2.24, 2.45) is 0 Å². The minimum Gasteiger partial charge on any atom is -0.393 e. The summed E-state index contributed by atoms with van der Waals surface area (Å²) in [4.78, 5) is 8.45. The van der Waals surface area contributed by atoms with Crippen LogP contribution in [-0.4, -0.2) is 21.2 Å². The molecule has 0 radical (unpaired) electrons. The average Bonchev–Trinajstić information content (AvgIpc) is 2.54. The monoisotopic (exact) mass is 278 g/mol. The number of aliphatic hydroxyl groups is 1. The molecule has 0 aliphatic carbocycles. The van der Waals surface area contributed by atoms with Gasteiger partial charge < -0.3 is 5.11 Å². The van der Waals surface area contributed by atoms with Gasteiger partial charge >= 0.3 is 0 Å². The number of hydrogen-bond donors (Lipinski definition) is 1. The zero-order chi connectivity index (χ0) is 14.5. The number of hydrogen-bond acceptors (Lipinski definition) is 3. The van der Waals surface area contributed by atoms with Crippen molar-refractivity contribution >= 4 is 10.9 Å². The van der Waals surface area contributed by atoms with E-state index in [1.54, 1.807) is 6.20 Å². The molecule has 0 aliphatic rings. The number of aromatic nitrogens is 2. The quantitative estimate of drug-likeness (QED) is 0.779. The number of fused-ring (bicyclic) bond motifs is 1. The Kier molecular flexibility index (Phi) is 4.22. The lowest BCUT2D eigenvalue weighted by atomic mass is 9.99. The highest BCUT2D eigenvalue weighted by molar-refractivity contribution is 5.81. The van der Waals surface area contributed by atoms with Gasteiger partial charge in [0.1, 0.15) is 0 Å². The second-order valence-corrected chi connectivity index (χ2v) is 5.25. The Labute approximate surface area is 124 Å². The molecule has 3 rings (SSSR count). The van der Waals surface area contributed by atoms with Crippen LogP contribution in [0.25, 0.3) is 10.9 Å². The molecule has 2 aromatic heterocycles. The molecular formula is C18H18N2O. The lowest BCUT2D eigenvalue weighted by molar-refractivity contribution is 0.165. The SMILES string of the molecule is OC(CCc1cccnc1)Cc1ccnc2ccccc12. The summed E-state index contributed by atoms with van der Waals surface area (Å²) in [6.45, 7) is 0. The normalized spacial score (nSPS) is 12.4. The Hall–Kier alpha value is -2.26. The number of para-hydroxylation sites is 1. The van der Waals surface area contributed by atoms with Crippen LogP contribution in [-0.2, 0) is 12.8 Å². The van der Waals surface area contributed by atoms with E-state index in [1.165, 1.54) is 0 Å². The maximum absolute atomic E-state index is 10.3. The Morgan fingerprint density at radius 3 is 2.76 bits per heavy atom. The summed E-state index contributed by atoms with van der Waals surface area (Å²) >= 11 is 0. The van der Waals surface area contributed by atoms with Gasteiger partial charge in [0.05, 0.1) is 11.6 Å². The van der Waals surface area contributed by atoms with E-state index in [4.69, 9.17) is 0 Å². The van der Waals surface area contributed by atoms with Crippen LogP contribution >= 0.6 is 0 Å². The first kappa shape index (κ1) is 13.7. The van der Waals surface area contributed by atoms with Gasteiger partial charge in [0, 0.05) is 24.0 Å². The first-order chi connectivity index (χ1) is 10.3. The van der Waals surface area contributed by atoms with E-state index in [0.29, 0.717) is 6.42 Å². The number of rotatable bonds is 5. The summed E-state index contributed by atoms with van der Waals surface area (Å²) < 4.78 is 0. The van der Waals surface area contributed by atoms with Crippen molar-refractivity contribution in [2.45, 2.75) is 25.4 Å². The molecule has 0 spiro atoms. The average molecular weight is 278 g/mol. The standard InChI is InChI=1S/C18H18N2O/c21-16(8-7-14-4-3-10-19-13-14)12-15-9-11-20-18-6-2-1-5-17(15)18/h1-6,9-11,13,16,21H,7-8,12H2. The molecule has 0 fully saturated rings. The molecule has 0 amide bonds. The summed E-state index contributed by atoms with van der Waals surface area (Å²) in [5.41, 5.74) is 3.30. The lowest BCUT2D eigenvalue weighted by Gasteiger charge is -2.12. The van der Waals surface area contributed by atoms with Crippen molar-refractivity contribution in [3.63, 3.8) is 0 Å². The summed E-state index contributed by atoms with van der Waals surface area (Å²) in [7, 11) is 0. The molecule has 3 aromatic rings. The first-order valence-electron chi connectivity index (χ1n) is 7.22. The van der Waals surface area contributed by atoms with Crippen LogP contribution in [0, 0.1) is 0 Å². The minimum atomic E-state index is -0.351. The van der Waals surface area contributed by atoms with Crippen LogP contribution in [0.15, 0.2) is 61.1 Å². The summed E-state index contributed by atoms with van der Waals surface area (Å²) in [5, 5.41) is 11.4. The highest BCUT2D eigenvalue weighted by Crippen LogP contribution is 2.18. The van der Waals surface area contributed by atoms with E-state index in [0.717, 1.165) is 34.9 Å². The molecule has 2 heterocycles. The third-order valence-corrected chi connectivity index (χ3v) is 3.68. The van der Waals surface area contributed by atoms with Gasteiger partial charge in [-0.3, -0.25) is 9.97 Å². The first-order valence-corrected chi connectivity index (χ1v) is 7.22. The van der Waals surface area contributed by atoms with Crippen molar-refractivity contribution in [2.75, 3.05) is 0 Å². The van der Waals surface area contributed by atoms with Gasteiger partial charge in [-0.05, 0) is 48.6 Å². The largest absolute Gasteiger partial charge is 0.393 e. The number of aryl methyl sites for hydroxylation is 1. The van der Waals surface area contributed by atoms with Crippen LogP contribution < -0.4 is 0 Å². The molecule has 0 aliphatic heterocycles. The third-order valence-electron chi connectivity index (χ3n) is 3.68. The van der Waals surface area contributed by atoms with E-state index in [1.807, 2.05) is 48.8 Å². The van der Waals surface area contributed by atoms with Crippen molar-refractivity contribution in [3.05, 3.63) is 72.2 Å². The Morgan fingerprint density at radius 2 is 1.90 bits per heavy atom. The number of aliphatic hydroxyl groups excluding tert-OH is 1. The maximum Gasteiger partial charge on any atom is 0.0704 e. The number of nitrogens with zero attached hydrogens (tertiary/aromatic N) is 2. The smallest absolute Gasteiger partial charge is 0.0704 e. The van der Waals surface area contributed by atoms with Crippen LogP contribution in [0.3, 0.4) is 0 Å². The lowest BCUT2D eigenvalue weighted by Crippen LogP contribution is -2.12. The van der Waals surface area contributed by atoms with Gasteiger partial charge in [-0.15, -0.1) is 0 Å². The Balaban J connectivity index is 1.67. The zero-order valence-corrected chi connectivity index (χ0v) is 11.8. The fourth-order valence-corrected chi connectivity index (χ4v) is 2.57. The molecule has 3 nitrogen and oxygen atoms in total. The number of pyridine rings is 2.